The van der Waals surface area contributed by atoms with Gasteiger partial charge >= 0.3 is 0 Å². The minimum atomic E-state index is -0.860. The average molecular weight is 325 g/mol. The molecule has 1 unspecified atom stereocenters. The standard InChI is InChI=1S/C16H23NO2S2/c18-15(10-21-12-4-1-2-5-12)17-11-16(19)8-3-6-14-13(16)7-9-20-14/h7,9,12,19H,1-6,8,10-11H2,(H,17,18). The van der Waals surface area contributed by atoms with Crippen molar-refractivity contribution in [2.24, 2.45) is 0 Å². The van der Waals surface area contributed by atoms with Gasteiger partial charge in [0, 0.05) is 10.1 Å². The Morgan fingerprint density at radius 2 is 2.24 bits per heavy atom. The quantitative estimate of drug-likeness (QED) is 0.875. The smallest absolute Gasteiger partial charge is 0.230 e. The van der Waals surface area contributed by atoms with E-state index in [4.69, 9.17) is 0 Å². The number of aryl methyl sites for hydroxylation is 1. The first-order valence-electron chi connectivity index (χ1n) is 7.85. The molecule has 0 spiro atoms. The van der Waals surface area contributed by atoms with E-state index in [1.54, 1.807) is 23.1 Å². The maximum atomic E-state index is 12.0. The summed E-state index contributed by atoms with van der Waals surface area (Å²) in [6.07, 6.45) is 7.91. The van der Waals surface area contributed by atoms with Crippen LogP contribution in [0.3, 0.4) is 0 Å². The van der Waals surface area contributed by atoms with Gasteiger partial charge in [0.25, 0.3) is 0 Å². The summed E-state index contributed by atoms with van der Waals surface area (Å²) in [5, 5.41) is 16.5. The maximum absolute atomic E-state index is 12.0. The van der Waals surface area contributed by atoms with Crippen molar-refractivity contribution < 1.29 is 9.90 Å². The molecule has 0 bridgehead atoms. The summed E-state index contributed by atoms with van der Waals surface area (Å²) in [5.41, 5.74) is 0.170. The monoisotopic (exact) mass is 325 g/mol. The van der Waals surface area contributed by atoms with Gasteiger partial charge in [-0.2, -0.15) is 0 Å². The van der Waals surface area contributed by atoms with Crippen molar-refractivity contribution in [3.8, 4) is 0 Å². The van der Waals surface area contributed by atoms with Crippen LogP contribution < -0.4 is 5.32 Å². The van der Waals surface area contributed by atoms with Crippen LogP contribution in [0.5, 0.6) is 0 Å². The zero-order valence-electron chi connectivity index (χ0n) is 12.3. The van der Waals surface area contributed by atoms with Gasteiger partial charge in [0.15, 0.2) is 0 Å². The van der Waals surface area contributed by atoms with Gasteiger partial charge in [-0.1, -0.05) is 12.8 Å². The highest BCUT2D eigenvalue weighted by Crippen LogP contribution is 2.37. The molecule has 0 aliphatic heterocycles. The highest BCUT2D eigenvalue weighted by molar-refractivity contribution is 8.00. The van der Waals surface area contributed by atoms with E-state index in [2.05, 4.69) is 5.32 Å². The number of fused-ring (bicyclic) bond motifs is 1. The van der Waals surface area contributed by atoms with Gasteiger partial charge in [0.1, 0.15) is 5.60 Å². The lowest BCUT2D eigenvalue weighted by atomic mass is 9.83. The van der Waals surface area contributed by atoms with Crippen molar-refractivity contribution in [1.82, 2.24) is 5.32 Å². The van der Waals surface area contributed by atoms with Crippen LogP contribution in [-0.4, -0.2) is 28.6 Å². The third kappa shape index (κ3) is 3.63. The Morgan fingerprint density at radius 1 is 1.43 bits per heavy atom. The van der Waals surface area contributed by atoms with Crippen molar-refractivity contribution in [3.05, 3.63) is 21.9 Å². The molecule has 2 aliphatic rings. The second-order valence-corrected chi connectivity index (χ2v) is 8.43. The van der Waals surface area contributed by atoms with Gasteiger partial charge in [-0.15, -0.1) is 23.1 Å². The second kappa shape index (κ2) is 6.71. The number of carbonyl (C=O) groups excluding carboxylic acids is 1. The molecule has 2 aliphatic carbocycles. The molecule has 5 heteroatoms. The summed E-state index contributed by atoms with van der Waals surface area (Å²) in [7, 11) is 0. The molecule has 1 atom stereocenters. The molecule has 3 nitrogen and oxygen atoms in total. The van der Waals surface area contributed by atoms with E-state index in [1.165, 1.54) is 30.6 Å². The molecule has 1 aromatic rings. The highest BCUT2D eigenvalue weighted by Gasteiger charge is 2.35. The largest absolute Gasteiger partial charge is 0.383 e. The van der Waals surface area contributed by atoms with Gasteiger partial charge in [0.05, 0.1) is 12.3 Å². The minimum absolute atomic E-state index is 0.0580. The summed E-state index contributed by atoms with van der Waals surface area (Å²) in [6, 6.07) is 2.01. The molecule has 1 heterocycles. The van der Waals surface area contributed by atoms with Crippen LogP contribution in [0.4, 0.5) is 0 Å². The summed E-state index contributed by atoms with van der Waals surface area (Å²) < 4.78 is 0. The third-order valence-electron chi connectivity index (χ3n) is 4.57. The lowest BCUT2D eigenvalue weighted by molar-refractivity contribution is -0.120. The van der Waals surface area contributed by atoms with E-state index in [1.807, 2.05) is 11.4 Å². The molecule has 116 valence electrons. The number of amides is 1. The molecule has 0 saturated heterocycles. The number of thiophene rings is 1. The zero-order valence-corrected chi connectivity index (χ0v) is 13.9. The van der Waals surface area contributed by atoms with E-state index in [9.17, 15) is 9.90 Å². The highest BCUT2D eigenvalue weighted by atomic mass is 32.2. The first kappa shape index (κ1) is 15.4. The molecule has 2 N–H and O–H groups in total. The third-order valence-corrected chi connectivity index (χ3v) is 6.92. The van der Waals surface area contributed by atoms with Crippen LogP contribution in [0, 0.1) is 0 Å². The first-order valence-corrected chi connectivity index (χ1v) is 9.78. The van der Waals surface area contributed by atoms with E-state index < -0.39 is 5.60 Å². The predicted molar refractivity (Wildman–Crippen MR) is 88.9 cm³/mol. The van der Waals surface area contributed by atoms with Crippen molar-refractivity contribution in [2.45, 2.75) is 55.8 Å². The molecule has 21 heavy (non-hydrogen) atoms. The Morgan fingerprint density at radius 3 is 3.05 bits per heavy atom. The first-order chi connectivity index (χ1) is 10.2. The summed E-state index contributed by atoms with van der Waals surface area (Å²) in [6.45, 7) is 0.348. The summed E-state index contributed by atoms with van der Waals surface area (Å²) in [4.78, 5) is 13.3. The van der Waals surface area contributed by atoms with Crippen LogP contribution in [0.25, 0.3) is 0 Å². The summed E-state index contributed by atoms with van der Waals surface area (Å²) >= 11 is 3.49. The Bertz CT molecular complexity index is 496. The number of hydrogen-bond donors (Lipinski definition) is 2. The average Bonchev–Trinajstić information content (AvgIpc) is 3.14. The fourth-order valence-corrected chi connectivity index (χ4v) is 5.52. The van der Waals surface area contributed by atoms with Crippen LogP contribution in [0.1, 0.15) is 49.0 Å². The minimum Gasteiger partial charge on any atom is -0.383 e. The van der Waals surface area contributed by atoms with Gasteiger partial charge in [0.2, 0.25) is 5.91 Å². The van der Waals surface area contributed by atoms with Crippen molar-refractivity contribution in [3.63, 3.8) is 0 Å². The van der Waals surface area contributed by atoms with E-state index in [0.717, 1.165) is 24.8 Å². The molecule has 1 fully saturated rings. The maximum Gasteiger partial charge on any atom is 0.230 e. The molecule has 1 saturated carbocycles. The van der Waals surface area contributed by atoms with Gasteiger partial charge < -0.3 is 10.4 Å². The molecule has 1 aromatic heterocycles. The van der Waals surface area contributed by atoms with E-state index >= 15 is 0 Å². The Hall–Kier alpha value is -0.520. The Balaban J connectivity index is 1.49. The van der Waals surface area contributed by atoms with Crippen LogP contribution in [0.15, 0.2) is 11.4 Å². The Labute approximate surface area is 134 Å². The number of aliphatic hydroxyl groups is 1. The molecular weight excluding hydrogens is 302 g/mol. The number of hydrogen-bond acceptors (Lipinski definition) is 4. The SMILES string of the molecule is O=C(CSC1CCCC1)NCC1(O)CCCc2sccc21. The Kier molecular flexibility index (Phi) is 4.92. The number of thioether (sulfide) groups is 1. The topological polar surface area (TPSA) is 49.3 Å². The zero-order chi connectivity index (χ0) is 14.7. The fourth-order valence-electron chi connectivity index (χ4n) is 3.35. The number of nitrogens with one attached hydrogen (secondary N) is 1. The lowest BCUT2D eigenvalue weighted by Gasteiger charge is -2.32. The predicted octanol–water partition coefficient (Wildman–Crippen LogP) is 3.06. The second-order valence-electron chi connectivity index (χ2n) is 6.14. The normalized spacial score (nSPS) is 25.8. The van der Waals surface area contributed by atoms with Gasteiger partial charge in [-0.05, 0) is 49.1 Å². The van der Waals surface area contributed by atoms with E-state index in [0.29, 0.717) is 17.5 Å². The number of rotatable bonds is 5. The fraction of sp³-hybridized carbons (Fsp3) is 0.688. The molecule has 3 rings (SSSR count). The molecule has 0 radical (unpaired) electrons. The van der Waals surface area contributed by atoms with Crippen molar-refractivity contribution in [2.75, 3.05) is 12.3 Å². The van der Waals surface area contributed by atoms with Crippen LogP contribution >= 0.6 is 23.1 Å². The molecule has 1 amide bonds. The van der Waals surface area contributed by atoms with Crippen molar-refractivity contribution in [1.29, 1.82) is 0 Å². The summed E-state index contributed by atoms with van der Waals surface area (Å²) in [5.74, 6) is 0.583. The van der Waals surface area contributed by atoms with Gasteiger partial charge in [-0.3, -0.25) is 4.79 Å². The van der Waals surface area contributed by atoms with Gasteiger partial charge in [-0.25, -0.2) is 0 Å². The van der Waals surface area contributed by atoms with Crippen molar-refractivity contribution >= 4 is 29.0 Å². The van der Waals surface area contributed by atoms with E-state index in [-0.39, 0.29) is 5.91 Å². The van der Waals surface area contributed by atoms with Crippen LogP contribution in [0.2, 0.25) is 0 Å². The molecular formula is C16H23NO2S2. The number of carbonyl (C=O) groups is 1. The molecule has 0 aromatic carbocycles. The lowest BCUT2D eigenvalue weighted by Crippen LogP contribution is -2.43. The van der Waals surface area contributed by atoms with Crippen LogP contribution in [-0.2, 0) is 16.8 Å².